The van der Waals surface area contributed by atoms with E-state index in [1.807, 2.05) is 30.3 Å². The maximum Gasteiger partial charge on any atom is 0.414 e. The standard InChI is InChI=1S/C26H36N2O4/c1-3-5-17-27(18-6-4-2)19-10-20-32-26(31)28(21-22-11-8-7-9-12-22)24-15-13-23(14-16-24)25(29)30/h7-9,11-16H,3-6,10,17-21H2,1-2H3,(H,29,30). The van der Waals surface area contributed by atoms with Crippen LogP contribution in [0.25, 0.3) is 0 Å². The van der Waals surface area contributed by atoms with Gasteiger partial charge in [0.05, 0.1) is 18.7 Å². The summed E-state index contributed by atoms with van der Waals surface area (Å²) in [5.74, 6) is -0.996. The molecule has 0 aromatic heterocycles. The predicted molar refractivity (Wildman–Crippen MR) is 128 cm³/mol. The molecule has 32 heavy (non-hydrogen) atoms. The van der Waals surface area contributed by atoms with Crippen molar-refractivity contribution in [2.24, 2.45) is 0 Å². The summed E-state index contributed by atoms with van der Waals surface area (Å²) in [7, 11) is 0. The van der Waals surface area contributed by atoms with Crippen LogP contribution in [0.5, 0.6) is 0 Å². The number of carboxylic acids is 1. The maximum atomic E-state index is 12.9. The van der Waals surface area contributed by atoms with E-state index < -0.39 is 12.1 Å². The minimum Gasteiger partial charge on any atom is -0.478 e. The van der Waals surface area contributed by atoms with Gasteiger partial charge in [-0.2, -0.15) is 0 Å². The lowest BCUT2D eigenvalue weighted by atomic mass is 10.1. The number of unbranched alkanes of at least 4 members (excludes halogenated alkanes) is 2. The van der Waals surface area contributed by atoms with Gasteiger partial charge >= 0.3 is 12.1 Å². The van der Waals surface area contributed by atoms with Gasteiger partial charge in [0.15, 0.2) is 0 Å². The third-order valence-electron chi connectivity index (χ3n) is 5.33. The van der Waals surface area contributed by atoms with E-state index in [1.165, 1.54) is 37.8 Å². The normalized spacial score (nSPS) is 10.8. The Balaban J connectivity index is 1.98. The molecule has 2 rings (SSSR count). The topological polar surface area (TPSA) is 70.1 Å². The number of carboxylic acid groups (broad SMARTS) is 1. The summed E-state index contributed by atoms with van der Waals surface area (Å²) in [6, 6.07) is 16.0. The van der Waals surface area contributed by atoms with Crippen LogP contribution in [0.2, 0.25) is 0 Å². The fraction of sp³-hybridized carbons (Fsp3) is 0.462. The van der Waals surface area contributed by atoms with Crippen LogP contribution < -0.4 is 4.90 Å². The molecule has 0 bridgehead atoms. The molecule has 0 aliphatic heterocycles. The van der Waals surface area contributed by atoms with Crippen LogP contribution >= 0.6 is 0 Å². The number of benzene rings is 2. The summed E-state index contributed by atoms with van der Waals surface area (Å²) in [6.07, 6.45) is 5.07. The van der Waals surface area contributed by atoms with Gasteiger partial charge in [-0.25, -0.2) is 9.59 Å². The molecular weight excluding hydrogens is 404 g/mol. The Morgan fingerprint density at radius 1 is 0.844 bits per heavy atom. The summed E-state index contributed by atoms with van der Waals surface area (Å²) in [4.78, 5) is 28.1. The van der Waals surface area contributed by atoms with Crippen LogP contribution in [0, 0.1) is 0 Å². The van der Waals surface area contributed by atoms with Gasteiger partial charge in [0.1, 0.15) is 0 Å². The van der Waals surface area contributed by atoms with Crippen molar-refractivity contribution < 1.29 is 19.4 Å². The summed E-state index contributed by atoms with van der Waals surface area (Å²) in [6.45, 7) is 8.19. The van der Waals surface area contributed by atoms with E-state index in [0.29, 0.717) is 18.8 Å². The molecule has 0 aliphatic carbocycles. The lowest BCUT2D eigenvalue weighted by Gasteiger charge is -2.24. The van der Waals surface area contributed by atoms with Gasteiger partial charge in [-0.3, -0.25) is 4.90 Å². The van der Waals surface area contributed by atoms with Crippen molar-refractivity contribution in [3.05, 3.63) is 65.7 Å². The summed E-state index contributed by atoms with van der Waals surface area (Å²) >= 11 is 0. The van der Waals surface area contributed by atoms with Crippen molar-refractivity contribution in [2.75, 3.05) is 31.1 Å². The van der Waals surface area contributed by atoms with Gasteiger partial charge in [0.2, 0.25) is 0 Å². The third kappa shape index (κ3) is 8.71. The Hall–Kier alpha value is -2.86. The molecule has 0 aliphatic rings. The monoisotopic (exact) mass is 440 g/mol. The van der Waals surface area contributed by atoms with E-state index in [1.54, 1.807) is 17.0 Å². The van der Waals surface area contributed by atoms with E-state index >= 15 is 0 Å². The van der Waals surface area contributed by atoms with Crippen LogP contribution in [-0.2, 0) is 11.3 Å². The SMILES string of the molecule is CCCCN(CCCC)CCCOC(=O)N(Cc1ccccc1)c1ccc(C(=O)O)cc1. The van der Waals surface area contributed by atoms with Gasteiger partial charge in [-0.15, -0.1) is 0 Å². The number of amides is 1. The van der Waals surface area contributed by atoms with Gasteiger partial charge in [0.25, 0.3) is 0 Å². The number of anilines is 1. The third-order valence-corrected chi connectivity index (χ3v) is 5.33. The minimum atomic E-state index is -0.996. The van der Waals surface area contributed by atoms with Gasteiger partial charge < -0.3 is 14.7 Å². The molecule has 2 aromatic rings. The van der Waals surface area contributed by atoms with Crippen molar-refractivity contribution in [3.8, 4) is 0 Å². The van der Waals surface area contributed by atoms with Crippen molar-refractivity contribution in [1.29, 1.82) is 0 Å². The second kappa shape index (κ2) is 14.2. The van der Waals surface area contributed by atoms with Crippen molar-refractivity contribution in [3.63, 3.8) is 0 Å². The number of hydrogen-bond acceptors (Lipinski definition) is 4. The number of nitrogens with zero attached hydrogens (tertiary/aromatic N) is 2. The van der Waals surface area contributed by atoms with Crippen LogP contribution in [-0.4, -0.2) is 48.3 Å². The Morgan fingerprint density at radius 3 is 2.00 bits per heavy atom. The Labute approximate surface area is 191 Å². The molecule has 0 saturated heterocycles. The Kier molecular flexibility index (Phi) is 11.3. The zero-order chi connectivity index (χ0) is 23.2. The Bertz CT molecular complexity index is 800. The first-order valence-corrected chi connectivity index (χ1v) is 11.6. The average molecular weight is 441 g/mol. The van der Waals surface area contributed by atoms with Crippen LogP contribution in [0.3, 0.4) is 0 Å². The van der Waals surface area contributed by atoms with E-state index in [2.05, 4.69) is 18.7 Å². The van der Waals surface area contributed by atoms with E-state index in [-0.39, 0.29) is 5.56 Å². The lowest BCUT2D eigenvalue weighted by molar-refractivity contribution is 0.0697. The highest BCUT2D eigenvalue weighted by atomic mass is 16.6. The highest BCUT2D eigenvalue weighted by Crippen LogP contribution is 2.20. The second-order valence-corrected chi connectivity index (χ2v) is 7.94. The largest absolute Gasteiger partial charge is 0.478 e. The smallest absolute Gasteiger partial charge is 0.414 e. The van der Waals surface area contributed by atoms with Crippen LogP contribution in [0.15, 0.2) is 54.6 Å². The highest BCUT2D eigenvalue weighted by Gasteiger charge is 2.18. The fourth-order valence-corrected chi connectivity index (χ4v) is 3.44. The quantitative estimate of drug-likeness (QED) is 0.375. The average Bonchev–Trinajstić information content (AvgIpc) is 2.82. The molecule has 6 heteroatoms. The molecule has 0 unspecified atom stereocenters. The number of carbonyl (C=O) groups is 2. The fourth-order valence-electron chi connectivity index (χ4n) is 3.44. The van der Waals surface area contributed by atoms with Crippen LogP contribution in [0.1, 0.15) is 61.9 Å². The molecule has 0 atom stereocenters. The van der Waals surface area contributed by atoms with Gasteiger partial charge in [-0.1, -0.05) is 57.0 Å². The Morgan fingerprint density at radius 2 is 1.44 bits per heavy atom. The lowest BCUT2D eigenvalue weighted by Crippen LogP contribution is -2.32. The molecule has 0 spiro atoms. The zero-order valence-corrected chi connectivity index (χ0v) is 19.3. The summed E-state index contributed by atoms with van der Waals surface area (Å²) in [5.41, 5.74) is 1.76. The molecule has 6 nitrogen and oxygen atoms in total. The number of rotatable bonds is 14. The molecule has 0 heterocycles. The molecule has 1 N–H and O–H groups in total. The first-order valence-electron chi connectivity index (χ1n) is 11.6. The number of hydrogen-bond donors (Lipinski definition) is 1. The molecule has 1 amide bonds. The first kappa shape index (κ1) is 25.4. The first-order chi connectivity index (χ1) is 15.5. The second-order valence-electron chi connectivity index (χ2n) is 7.94. The minimum absolute atomic E-state index is 0.182. The highest BCUT2D eigenvalue weighted by molar-refractivity contribution is 5.90. The van der Waals surface area contributed by atoms with Crippen molar-refractivity contribution in [2.45, 2.75) is 52.5 Å². The molecule has 0 saturated carbocycles. The predicted octanol–water partition coefficient (Wildman–Crippen LogP) is 5.82. The molecule has 0 radical (unpaired) electrons. The van der Waals surface area contributed by atoms with Gasteiger partial charge in [-0.05, 0) is 62.2 Å². The summed E-state index contributed by atoms with van der Waals surface area (Å²) in [5, 5.41) is 9.15. The molecule has 174 valence electrons. The van der Waals surface area contributed by atoms with E-state index in [9.17, 15) is 9.59 Å². The van der Waals surface area contributed by atoms with Crippen molar-refractivity contribution in [1.82, 2.24) is 4.90 Å². The molecule has 0 fully saturated rings. The van der Waals surface area contributed by atoms with Gasteiger partial charge in [0, 0.05) is 12.2 Å². The van der Waals surface area contributed by atoms with E-state index in [0.717, 1.165) is 31.6 Å². The van der Waals surface area contributed by atoms with Crippen LogP contribution in [0.4, 0.5) is 10.5 Å². The number of carbonyl (C=O) groups excluding carboxylic acids is 1. The summed E-state index contributed by atoms with van der Waals surface area (Å²) < 4.78 is 5.61. The zero-order valence-electron chi connectivity index (χ0n) is 19.3. The maximum absolute atomic E-state index is 12.9. The van der Waals surface area contributed by atoms with Crippen molar-refractivity contribution >= 4 is 17.7 Å². The number of ether oxygens (including phenoxy) is 1. The van der Waals surface area contributed by atoms with E-state index in [4.69, 9.17) is 9.84 Å². The molecular formula is C26H36N2O4. The molecule has 2 aromatic carbocycles. The number of aromatic carboxylic acids is 1.